The first-order valence-electron chi connectivity index (χ1n) is 9.97. The summed E-state index contributed by atoms with van der Waals surface area (Å²) < 4.78 is 15.3. The topological polar surface area (TPSA) is 67.2 Å². The zero-order valence-corrected chi connectivity index (χ0v) is 16.7. The molecule has 2 aliphatic rings. The van der Waals surface area contributed by atoms with E-state index in [1.54, 1.807) is 23.2 Å². The first-order valence-corrected chi connectivity index (χ1v) is 9.97. The maximum Gasteiger partial charge on any atom is 0.242 e. The zero-order chi connectivity index (χ0) is 21.0. The molecule has 1 aromatic heterocycles. The summed E-state index contributed by atoms with van der Waals surface area (Å²) in [5, 5.41) is 7.27. The van der Waals surface area contributed by atoms with E-state index in [1.165, 1.54) is 16.8 Å². The Balaban J connectivity index is 1.74. The summed E-state index contributed by atoms with van der Waals surface area (Å²) in [6.07, 6.45) is 1.63. The maximum atomic E-state index is 13.8. The molecule has 7 heteroatoms. The number of benzene rings is 2. The number of nitrogens with zero attached hydrogens (tertiary/aromatic N) is 3. The predicted octanol–water partition coefficient (Wildman–Crippen LogP) is 3.64. The van der Waals surface area contributed by atoms with Gasteiger partial charge >= 0.3 is 0 Å². The highest BCUT2D eigenvalue weighted by atomic mass is 19.1. The van der Waals surface area contributed by atoms with Crippen molar-refractivity contribution in [3.63, 3.8) is 0 Å². The van der Waals surface area contributed by atoms with Gasteiger partial charge in [-0.05, 0) is 35.7 Å². The molecule has 152 valence electrons. The van der Waals surface area contributed by atoms with Gasteiger partial charge in [-0.3, -0.25) is 9.59 Å². The Kier molecular flexibility index (Phi) is 4.03. The molecule has 3 aromatic rings. The minimum absolute atomic E-state index is 0.0132. The minimum atomic E-state index is -1.13. The summed E-state index contributed by atoms with van der Waals surface area (Å²) in [5.74, 6) is -0.114. The van der Waals surface area contributed by atoms with Crippen LogP contribution in [0.3, 0.4) is 0 Å². The summed E-state index contributed by atoms with van der Waals surface area (Å²) in [4.78, 5) is 28.4. The molecule has 1 atom stereocenters. The Labute approximate surface area is 173 Å². The number of anilines is 2. The van der Waals surface area contributed by atoms with Gasteiger partial charge in [-0.1, -0.05) is 38.1 Å². The van der Waals surface area contributed by atoms with Crippen molar-refractivity contribution in [3.8, 4) is 5.69 Å². The molecule has 2 aromatic carbocycles. The molecule has 0 saturated carbocycles. The normalized spacial score (nSPS) is 19.9. The van der Waals surface area contributed by atoms with Gasteiger partial charge in [-0.15, -0.1) is 0 Å². The van der Waals surface area contributed by atoms with Crippen molar-refractivity contribution in [1.29, 1.82) is 0 Å². The molecular weight excluding hydrogens is 383 g/mol. The highest BCUT2D eigenvalue weighted by Gasteiger charge is 2.57. The van der Waals surface area contributed by atoms with E-state index in [0.717, 1.165) is 11.3 Å². The number of hydrogen-bond acceptors (Lipinski definition) is 3. The van der Waals surface area contributed by atoms with Gasteiger partial charge in [0.25, 0.3) is 0 Å². The van der Waals surface area contributed by atoms with Crippen molar-refractivity contribution in [3.05, 3.63) is 71.7 Å². The van der Waals surface area contributed by atoms with Crippen LogP contribution < -0.4 is 10.2 Å². The van der Waals surface area contributed by atoms with Gasteiger partial charge < -0.3 is 10.2 Å². The highest BCUT2D eigenvalue weighted by Crippen LogP contribution is 2.52. The van der Waals surface area contributed by atoms with Gasteiger partial charge in [-0.2, -0.15) is 5.10 Å². The number of para-hydroxylation sites is 1. The van der Waals surface area contributed by atoms with Crippen LogP contribution in [0.5, 0.6) is 0 Å². The van der Waals surface area contributed by atoms with Crippen LogP contribution in [0.15, 0.2) is 54.7 Å². The summed E-state index contributed by atoms with van der Waals surface area (Å²) in [6, 6.07) is 13.6. The van der Waals surface area contributed by atoms with Crippen LogP contribution in [0.1, 0.15) is 31.4 Å². The van der Waals surface area contributed by atoms with Crippen LogP contribution >= 0.6 is 0 Å². The smallest absolute Gasteiger partial charge is 0.242 e. The van der Waals surface area contributed by atoms with E-state index in [-0.39, 0.29) is 24.2 Å². The van der Waals surface area contributed by atoms with Crippen molar-refractivity contribution in [2.75, 3.05) is 16.8 Å². The Hall–Kier alpha value is -3.48. The highest BCUT2D eigenvalue weighted by molar-refractivity contribution is 6.15. The Morgan fingerprint density at radius 3 is 2.70 bits per heavy atom. The Morgan fingerprint density at radius 2 is 1.93 bits per heavy atom. The zero-order valence-electron chi connectivity index (χ0n) is 16.7. The monoisotopic (exact) mass is 404 g/mol. The number of nitrogens with one attached hydrogen (secondary N) is 1. The third kappa shape index (κ3) is 2.51. The predicted molar refractivity (Wildman–Crippen MR) is 111 cm³/mol. The second kappa shape index (κ2) is 6.52. The molecule has 0 aliphatic carbocycles. The van der Waals surface area contributed by atoms with E-state index in [2.05, 4.69) is 24.3 Å². The van der Waals surface area contributed by atoms with Gasteiger partial charge in [0.1, 0.15) is 17.1 Å². The molecule has 0 radical (unpaired) electrons. The largest absolute Gasteiger partial charge is 0.311 e. The molecule has 1 spiro atoms. The van der Waals surface area contributed by atoms with Crippen LogP contribution in [-0.2, 0) is 15.0 Å². The number of rotatable bonds is 3. The number of carbonyl (C=O) groups is 2. The first-order chi connectivity index (χ1) is 14.4. The lowest BCUT2D eigenvalue weighted by molar-refractivity contribution is -0.126. The fourth-order valence-corrected chi connectivity index (χ4v) is 4.60. The third-order valence-corrected chi connectivity index (χ3v) is 5.78. The molecule has 1 N–H and O–H groups in total. The van der Waals surface area contributed by atoms with Crippen molar-refractivity contribution in [2.45, 2.75) is 25.7 Å². The molecule has 0 bridgehead atoms. The molecule has 0 saturated heterocycles. The molecule has 2 amide bonds. The van der Waals surface area contributed by atoms with E-state index in [9.17, 15) is 14.0 Å². The molecule has 30 heavy (non-hydrogen) atoms. The van der Waals surface area contributed by atoms with Gasteiger partial charge in [-0.25, -0.2) is 9.07 Å². The second-order valence-electron chi connectivity index (χ2n) is 8.26. The lowest BCUT2D eigenvalue weighted by Gasteiger charge is -2.32. The van der Waals surface area contributed by atoms with Crippen LogP contribution in [-0.4, -0.2) is 28.1 Å². The molecule has 0 unspecified atom stereocenters. The van der Waals surface area contributed by atoms with Crippen LogP contribution in [0.2, 0.25) is 0 Å². The van der Waals surface area contributed by atoms with E-state index >= 15 is 0 Å². The number of hydrogen-bond donors (Lipinski definition) is 1. The summed E-state index contributed by atoms with van der Waals surface area (Å²) >= 11 is 0. The van der Waals surface area contributed by atoms with Crippen molar-refractivity contribution >= 4 is 23.3 Å². The summed E-state index contributed by atoms with van der Waals surface area (Å²) in [6.45, 7) is 4.68. The van der Waals surface area contributed by atoms with Gasteiger partial charge in [0, 0.05) is 24.2 Å². The number of halogens is 1. The minimum Gasteiger partial charge on any atom is -0.311 e. The van der Waals surface area contributed by atoms with Gasteiger partial charge in [0.2, 0.25) is 11.8 Å². The Bertz CT molecular complexity index is 1190. The maximum absolute atomic E-state index is 13.8. The van der Waals surface area contributed by atoms with Crippen LogP contribution in [0.25, 0.3) is 5.69 Å². The van der Waals surface area contributed by atoms with E-state index < -0.39 is 11.2 Å². The summed E-state index contributed by atoms with van der Waals surface area (Å²) in [7, 11) is 0. The van der Waals surface area contributed by atoms with E-state index in [1.807, 2.05) is 24.3 Å². The SMILES string of the molecule is CC(C)CN1C(=O)[C@]2(CC(=O)Nc3c2cnn3-c2cccc(F)c2)c2ccccc21. The van der Waals surface area contributed by atoms with Crippen molar-refractivity contribution in [2.24, 2.45) is 5.92 Å². The lowest BCUT2D eigenvalue weighted by atomic mass is 9.72. The second-order valence-corrected chi connectivity index (χ2v) is 8.26. The first kappa shape index (κ1) is 18.5. The van der Waals surface area contributed by atoms with Crippen molar-refractivity contribution < 1.29 is 14.0 Å². The molecular formula is C23H21FN4O2. The number of carbonyl (C=O) groups excluding carboxylic acids is 2. The number of fused-ring (bicyclic) bond motifs is 4. The molecule has 5 rings (SSSR count). The average Bonchev–Trinajstić information content (AvgIpc) is 3.23. The molecule has 2 aliphatic heterocycles. The number of amides is 2. The fourth-order valence-electron chi connectivity index (χ4n) is 4.60. The molecule has 0 fully saturated rings. The molecule has 6 nitrogen and oxygen atoms in total. The summed E-state index contributed by atoms with van der Waals surface area (Å²) in [5.41, 5.74) is 1.62. The van der Waals surface area contributed by atoms with Crippen LogP contribution in [0.4, 0.5) is 15.9 Å². The Morgan fingerprint density at radius 1 is 1.13 bits per heavy atom. The number of aromatic nitrogens is 2. The molecule has 3 heterocycles. The lowest BCUT2D eigenvalue weighted by Crippen LogP contribution is -2.47. The quantitative estimate of drug-likeness (QED) is 0.725. The van der Waals surface area contributed by atoms with Crippen LogP contribution in [0, 0.1) is 11.7 Å². The van der Waals surface area contributed by atoms with Gasteiger partial charge in [0.15, 0.2) is 0 Å². The van der Waals surface area contributed by atoms with E-state index in [0.29, 0.717) is 23.6 Å². The fraction of sp³-hybridized carbons (Fsp3) is 0.261. The van der Waals surface area contributed by atoms with Gasteiger partial charge in [0.05, 0.1) is 11.9 Å². The van der Waals surface area contributed by atoms with E-state index in [4.69, 9.17) is 0 Å². The standard InChI is InChI=1S/C23H21FN4O2/c1-14(2)13-27-19-9-4-3-8-17(19)23(22(27)30)11-20(29)26-21-18(23)12-25-28(21)16-7-5-6-15(24)10-16/h3-10,12,14H,11,13H2,1-2H3,(H,26,29)/t23-/m1/s1. The third-order valence-electron chi connectivity index (χ3n) is 5.78. The van der Waals surface area contributed by atoms with Crippen molar-refractivity contribution in [1.82, 2.24) is 9.78 Å². The average molecular weight is 404 g/mol.